The van der Waals surface area contributed by atoms with E-state index < -0.39 is 0 Å². The van der Waals surface area contributed by atoms with Gasteiger partial charge in [0.05, 0.1) is 6.61 Å². The molecular formula is C16H20ClNO. The molecule has 0 amide bonds. The Hall–Kier alpha value is -0.730. The Morgan fingerprint density at radius 2 is 1.95 bits per heavy atom. The lowest BCUT2D eigenvalue weighted by atomic mass is 10.1. The standard InChI is InChI=1S/C16H20ClNO/c17-14-7-12-5-6-19-16(12)13(8-14)9-18-15(10-1-2-10)11-3-4-11/h7-8,10-11,15,18H,1-6,9H2. The fourth-order valence-corrected chi connectivity index (χ4v) is 3.60. The van der Waals surface area contributed by atoms with Gasteiger partial charge in [-0.3, -0.25) is 0 Å². The first-order valence-corrected chi connectivity index (χ1v) is 7.86. The Bertz CT molecular complexity index is 482. The zero-order chi connectivity index (χ0) is 12.8. The van der Waals surface area contributed by atoms with Crippen LogP contribution < -0.4 is 10.1 Å². The molecule has 0 unspecified atom stereocenters. The zero-order valence-electron chi connectivity index (χ0n) is 11.1. The molecule has 3 heteroatoms. The second-order valence-corrected chi connectivity index (χ2v) is 6.67. The highest BCUT2D eigenvalue weighted by Gasteiger charge is 2.41. The third-order valence-corrected chi connectivity index (χ3v) is 4.83. The average Bonchev–Trinajstić information content (AvgIpc) is 3.30. The van der Waals surface area contributed by atoms with Crippen LogP contribution in [0.3, 0.4) is 0 Å². The number of fused-ring (bicyclic) bond motifs is 1. The molecule has 0 saturated heterocycles. The molecule has 0 aromatic heterocycles. The molecule has 0 atom stereocenters. The van der Waals surface area contributed by atoms with E-state index in [0.29, 0.717) is 0 Å². The molecule has 2 saturated carbocycles. The third kappa shape index (κ3) is 2.48. The Labute approximate surface area is 119 Å². The molecule has 3 aliphatic rings. The zero-order valence-corrected chi connectivity index (χ0v) is 11.9. The first-order valence-electron chi connectivity index (χ1n) is 7.49. The Balaban J connectivity index is 1.50. The van der Waals surface area contributed by atoms with Gasteiger partial charge in [0.25, 0.3) is 0 Å². The summed E-state index contributed by atoms with van der Waals surface area (Å²) >= 11 is 6.21. The highest BCUT2D eigenvalue weighted by atomic mass is 35.5. The maximum atomic E-state index is 6.21. The molecule has 2 aliphatic carbocycles. The summed E-state index contributed by atoms with van der Waals surface area (Å²) in [5.41, 5.74) is 2.52. The van der Waals surface area contributed by atoms with E-state index in [2.05, 4.69) is 11.4 Å². The molecule has 1 aliphatic heterocycles. The summed E-state index contributed by atoms with van der Waals surface area (Å²) in [6.45, 7) is 1.71. The van der Waals surface area contributed by atoms with Crippen molar-refractivity contribution in [2.75, 3.05) is 6.61 Å². The average molecular weight is 278 g/mol. The number of nitrogens with one attached hydrogen (secondary N) is 1. The first kappa shape index (κ1) is 12.0. The largest absolute Gasteiger partial charge is 0.493 e. The van der Waals surface area contributed by atoms with Gasteiger partial charge in [-0.05, 0) is 55.2 Å². The van der Waals surface area contributed by atoms with Crippen molar-refractivity contribution in [1.29, 1.82) is 0 Å². The van der Waals surface area contributed by atoms with Gasteiger partial charge < -0.3 is 10.1 Å². The van der Waals surface area contributed by atoms with E-state index in [1.165, 1.54) is 36.8 Å². The van der Waals surface area contributed by atoms with Crippen LogP contribution in [0.15, 0.2) is 12.1 Å². The minimum Gasteiger partial charge on any atom is -0.493 e. The van der Waals surface area contributed by atoms with Gasteiger partial charge in [0.15, 0.2) is 0 Å². The first-order chi connectivity index (χ1) is 9.31. The Kier molecular flexibility index (Phi) is 2.96. The fraction of sp³-hybridized carbons (Fsp3) is 0.625. The molecule has 0 bridgehead atoms. The summed E-state index contributed by atoms with van der Waals surface area (Å²) in [4.78, 5) is 0. The summed E-state index contributed by atoms with van der Waals surface area (Å²) in [7, 11) is 0. The van der Waals surface area contributed by atoms with E-state index in [4.69, 9.17) is 16.3 Å². The topological polar surface area (TPSA) is 21.3 Å². The maximum Gasteiger partial charge on any atom is 0.127 e. The number of hydrogen-bond acceptors (Lipinski definition) is 2. The quantitative estimate of drug-likeness (QED) is 0.889. The number of benzene rings is 1. The van der Waals surface area contributed by atoms with Crippen LogP contribution in [0, 0.1) is 11.8 Å². The van der Waals surface area contributed by atoms with Gasteiger partial charge in [0, 0.05) is 29.6 Å². The molecule has 1 aromatic carbocycles. The molecule has 0 radical (unpaired) electrons. The molecule has 4 rings (SSSR count). The molecular weight excluding hydrogens is 258 g/mol. The summed E-state index contributed by atoms with van der Waals surface area (Å²) < 4.78 is 5.77. The van der Waals surface area contributed by atoms with Crippen molar-refractivity contribution in [2.24, 2.45) is 11.8 Å². The maximum absolute atomic E-state index is 6.21. The molecule has 0 spiro atoms. The second-order valence-electron chi connectivity index (χ2n) is 6.23. The van der Waals surface area contributed by atoms with Crippen LogP contribution in [0.5, 0.6) is 5.75 Å². The number of halogens is 1. The van der Waals surface area contributed by atoms with Crippen LogP contribution >= 0.6 is 11.6 Å². The van der Waals surface area contributed by atoms with Crippen LogP contribution in [0.2, 0.25) is 5.02 Å². The van der Waals surface area contributed by atoms with Gasteiger partial charge in [-0.2, -0.15) is 0 Å². The lowest BCUT2D eigenvalue weighted by molar-refractivity contribution is 0.348. The predicted octanol–water partition coefficient (Wildman–Crippen LogP) is 3.55. The van der Waals surface area contributed by atoms with Gasteiger partial charge in [-0.1, -0.05) is 11.6 Å². The normalized spacial score (nSPS) is 21.6. The number of ether oxygens (including phenoxy) is 1. The van der Waals surface area contributed by atoms with Crippen molar-refractivity contribution < 1.29 is 4.74 Å². The summed E-state index contributed by atoms with van der Waals surface area (Å²) in [5.74, 6) is 2.95. The van der Waals surface area contributed by atoms with Crippen LogP contribution in [0.25, 0.3) is 0 Å². The molecule has 102 valence electrons. The van der Waals surface area contributed by atoms with Crippen LogP contribution in [0.4, 0.5) is 0 Å². The van der Waals surface area contributed by atoms with Crippen molar-refractivity contribution >= 4 is 11.6 Å². The molecule has 1 heterocycles. The van der Waals surface area contributed by atoms with Crippen LogP contribution in [0.1, 0.15) is 36.8 Å². The van der Waals surface area contributed by atoms with E-state index in [1.54, 1.807) is 0 Å². The lowest BCUT2D eigenvalue weighted by Crippen LogP contribution is -2.32. The van der Waals surface area contributed by atoms with Crippen LogP contribution in [-0.4, -0.2) is 12.6 Å². The monoisotopic (exact) mass is 277 g/mol. The SMILES string of the molecule is Clc1cc2c(c(CNC(C3CC3)C3CC3)c1)OCC2. The van der Waals surface area contributed by atoms with Crippen molar-refractivity contribution in [3.8, 4) is 5.75 Å². The van der Waals surface area contributed by atoms with Crippen LogP contribution in [-0.2, 0) is 13.0 Å². The van der Waals surface area contributed by atoms with E-state index in [0.717, 1.165) is 48.2 Å². The van der Waals surface area contributed by atoms with E-state index in [9.17, 15) is 0 Å². The van der Waals surface area contributed by atoms with Gasteiger partial charge in [-0.15, -0.1) is 0 Å². The fourth-order valence-electron chi connectivity index (χ4n) is 3.33. The number of hydrogen-bond donors (Lipinski definition) is 1. The van der Waals surface area contributed by atoms with Gasteiger partial charge in [0.2, 0.25) is 0 Å². The van der Waals surface area contributed by atoms with Crippen molar-refractivity contribution in [1.82, 2.24) is 5.32 Å². The van der Waals surface area contributed by atoms with Crippen molar-refractivity contribution in [3.63, 3.8) is 0 Å². The van der Waals surface area contributed by atoms with Gasteiger partial charge in [0.1, 0.15) is 5.75 Å². The van der Waals surface area contributed by atoms with E-state index in [1.807, 2.05) is 6.07 Å². The predicted molar refractivity (Wildman–Crippen MR) is 76.7 cm³/mol. The molecule has 19 heavy (non-hydrogen) atoms. The van der Waals surface area contributed by atoms with Crippen molar-refractivity contribution in [3.05, 3.63) is 28.3 Å². The minimum absolute atomic E-state index is 0.732. The van der Waals surface area contributed by atoms with Gasteiger partial charge >= 0.3 is 0 Å². The Morgan fingerprint density at radius 1 is 1.21 bits per heavy atom. The molecule has 1 aromatic rings. The van der Waals surface area contributed by atoms with Gasteiger partial charge in [-0.25, -0.2) is 0 Å². The summed E-state index contributed by atoms with van der Waals surface area (Å²) in [6, 6.07) is 4.85. The highest BCUT2D eigenvalue weighted by Crippen LogP contribution is 2.45. The summed E-state index contributed by atoms with van der Waals surface area (Å²) in [5, 5.41) is 4.62. The summed E-state index contributed by atoms with van der Waals surface area (Å²) in [6.07, 6.45) is 6.66. The smallest absolute Gasteiger partial charge is 0.127 e. The lowest BCUT2D eigenvalue weighted by Gasteiger charge is -2.19. The molecule has 1 N–H and O–H groups in total. The van der Waals surface area contributed by atoms with E-state index >= 15 is 0 Å². The van der Waals surface area contributed by atoms with E-state index in [-0.39, 0.29) is 0 Å². The highest BCUT2D eigenvalue weighted by molar-refractivity contribution is 6.30. The minimum atomic E-state index is 0.732. The van der Waals surface area contributed by atoms with Crippen molar-refractivity contribution in [2.45, 2.75) is 44.7 Å². The second kappa shape index (κ2) is 4.68. The third-order valence-electron chi connectivity index (χ3n) is 4.61. The Morgan fingerprint density at radius 3 is 2.63 bits per heavy atom. The molecule has 2 fully saturated rings. The molecule has 2 nitrogen and oxygen atoms in total. The number of rotatable bonds is 5.